The molecule has 11 heavy (non-hydrogen) atoms. The fourth-order valence-corrected chi connectivity index (χ4v) is 1.41. The summed E-state index contributed by atoms with van der Waals surface area (Å²) in [6, 6.07) is 0. The minimum absolute atomic E-state index is 0.422. The topological polar surface area (TPSA) is 17.1 Å². The minimum Gasteiger partial charge on any atom is -0.299 e. The Bertz CT molecular complexity index is 175. The third kappa shape index (κ3) is 1.70. The van der Waals surface area contributed by atoms with Gasteiger partial charge in [0, 0.05) is 12.3 Å². The molecule has 0 radical (unpaired) electrons. The van der Waals surface area contributed by atoms with Crippen LogP contribution in [0.25, 0.3) is 0 Å². The number of hydrogen-bond acceptors (Lipinski definition) is 1. The molecule has 2 rings (SSSR count). The first-order valence-corrected chi connectivity index (χ1v) is 4.48. The lowest BCUT2D eigenvalue weighted by molar-refractivity contribution is -0.119. The molecule has 0 N–H and O–H groups in total. The molecule has 2 fully saturated rings. The number of rotatable bonds is 4. The summed E-state index contributed by atoms with van der Waals surface area (Å²) < 4.78 is 0. The highest BCUT2D eigenvalue weighted by Crippen LogP contribution is 2.39. The second-order valence-electron chi connectivity index (χ2n) is 3.85. The van der Waals surface area contributed by atoms with Gasteiger partial charge in [-0.15, -0.1) is 0 Å². The molecule has 1 nitrogen and oxygen atoms in total. The van der Waals surface area contributed by atoms with Crippen molar-refractivity contribution in [2.24, 2.45) is 11.8 Å². The molecule has 60 valence electrons. The smallest absolute Gasteiger partial charge is 0.139 e. The summed E-state index contributed by atoms with van der Waals surface area (Å²) in [4.78, 5) is 11.3. The zero-order chi connectivity index (χ0) is 7.84. The predicted molar refractivity (Wildman–Crippen MR) is 44.2 cm³/mol. The molecule has 0 bridgehead atoms. The van der Waals surface area contributed by atoms with Gasteiger partial charge in [-0.1, -0.05) is 12.2 Å². The van der Waals surface area contributed by atoms with Gasteiger partial charge in [-0.3, -0.25) is 4.79 Å². The van der Waals surface area contributed by atoms with E-state index in [-0.39, 0.29) is 0 Å². The van der Waals surface area contributed by atoms with E-state index in [1.54, 1.807) is 0 Å². The van der Waals surface area contributed by atoms with Crippen LogP contribution in [0.4, 0.5) is 0 Å². The van der Waals surface area contributed by atoms with E-state index in [2.05, 4.69) is 6.58 Å². The molecule has 0 atom stereocenters. The molecule has 1 heteroatoms. The number of hydrogen-bond donors (Lipinski definition) is 0. The summed E-state index contributed by atoms with van der Waals surface area (Å²) in [7, 11) is 0. The van der Waals surface area contributed by atoms with Crippen molar-refractivity contribution < 1.29 is 4.79 Å². The van der Waals surface area contributed by atoms with Crippen LogP contribution in [0.3, 0.4) is 0 Å². The van der Waals surface area contributed by atoms with Gasteiger partial charge in [0.25, 0.3) is 0 Å². The molecule has 0 saturated heterocycles. The van der Waals surface area contributed by atoms with Crippen LogP contribution in [0.2, 0.25) is 0 Å². The molecule has 0 amide bonds. The number of carbonyl (C=O) groups is 1. The van der Waals surface area contributed by atoms with Crippen molar-refractivity contribution in [2.45, 2.75) is 32.1 Å². The van der Waals surface area contributed by atoms with Gasteiger partial charge in [-0.2, -0.15) is 0 Å². The van der Waals surface area contributed by atoms with Crippen molar-refractivity contribution in [3.05, 3.63) is 12.2 Å². The average molecular weight is 150 g/mol. The van der Waals surface area contributed by atoms with E-state index in [1.807, 2.05) is 0 Å². The molecule has 0 aromatic carbocycles. The van der Waals surface area contributed by atoms with Crippen LogP contribution >= 0.6 is 0 Å². The van der Waals surface area contributed by atoms with Crippen LogP contribution in [-0.2, 0) is 4.79 Å². The summed E-state index contributed by atoms with van der Waals surface area (Å²) in [5, 5.41) is 0. The Morgan fingerprint density at radius 1 is 1.18 bits per heavy atom. The van der Waals surface area contributed by atoms with E-state index in [1.165, 1.54) is 18.4 Å². The van der Waals surface area contributed by atoms with Crippen LogP contribution in [0.15, 0.2) is 12.2 Å². The van der Waals surface area contributed by atoms with Gasteiger partial charge >= 0.3 is 0 Å². The highest BCUT2D eigenvalue weighted by Gasteiger charge is 2.32. The zero-order valence-electron chi connectivity index (χ0n) is 6.81. The Morgan fingerprint density at radius 2 is 1.73 bits per heavy atom. The minimum atomic E-state index is 0.422. The van der Waals surface area contributed by atoms with E-state index < -0.39 is 0 Å². The summed E-state index contributed by atoms with van der Waals surface area (Å²) in [6.07, 6.45) is 5.50. The van der Waals surface area contributed by atoms with Crippen molar-refractivity contribution >= 4 is 5.78 Å². The number of allylic oxidation sites excluding steroid dienone is 1. The number of Topliss-reactive ketones (excluding diaryl/α,β-unsaturated/α-hetero) is 1. The quantitative estimate of drug-likeness (QED) is 0.562. The van der Waals surface area contributed by atoms with Crippen molar-refractivity contribution in [3.63, 3.8) is 0 Å². The van der Waals surface area contributed by atoms with Crippen LogP contribution in [0.5, 0.6) is 0 Å². The van der Waals surface area contributed by atoms with Gasteiger partial charge in [-0.05, 0) is 31.6 Å². The first-order valence-electron chi connectivity index (χ1n) is 4.48. The molecule has 2 aliphatic rings. The van der Waals surface area contributed by atoms with Crippen LogP contribution in [0, 0.1) is 11.8 Å². The van der Waals surface area contributed by atoms with E-state index >= 15 is 0 Å². The summed E-state index contributed by atoms with van der Waals surface area (Å²) >= 11 is 0. The van der Waals surface area contributed by atoms with E-state index in [0.29, 0.717) is 24.0 Å². The highest BCUT2D eigenvalue weighted by atomic mass is 16.1. The SMILES string of the molecule is C=C(CC(=O)C1CC1)C1CC1. The van der Waals surface area contributed by atoms with Gasteiger partial charge < -0.3 is 0 Å². The maximum absolute atomic E-state index is 11.3. The molecular weight excluding hydrogens is 136 g/mol. The first-order chi connectivity index (χ1) is 5.27. The summed E-state index contributed by atoms with van der Waals surface area (Å²) in [5.74, 6) is 1.57. The zero-order valence-corrected chi connectivity index (χ0v) is 6.81. The van der Waals surface area contributed by atoms with Gasteiger partial charge in [0.1, 0.15) is 5.78 Å². The highest BCUT2D eigenvalue weighted by molar-refractivity contribution is 5.85. The van der Waals surface area contributed by atoms with E-state index in [0.717, 1.165) is 12.8 Å². The molecule has 0 unspecified atom stereocenters. The molecule has 0 aromatic rings. The molecule has 2 aliphatic carbocycles. The molecule has 0 aromatic heterocycles. The maximum atomic E-state index is 11.3. The second kappa shape index (κ2) is 2.47. The lowest BCUT2D eigenvalue weighted by atomic mass is 10.0. The monoisotopic (exact) mass is 150 g/mol. The van der Waals surface area contributed by atoms with Gasteiger partial charge in [0.05, 0.1) is 0 Å². The fourth-order valence-electron chi connectivity index (χ4n) is 1.41. The molecule has 0 heterocycles. The Labute approximate surface area is 67.5 Å². The normalized spacial score (nSPS) is 23.3. The van der Waals surface area contributed by atoms with Crippen molar-refractivity contribution in [2.75, 3.05) is 0 Å². The second-order valence-corrected chi connectivity index (χ2v) is 3.85. The van der Waals surface area contributed by atoms with Crippen molar-refractivity contribution in [1.29, 1.82) is 0 Å². The Hall–Kier alpha value is -0.590. The summed E-state index contributed by atoms with van der Waals surface area (Å²) in [6.45, 7) is 3.95. The third-order valence-corrected chi connectivity index (χ3v) is 2.59. The Balaban J connectivity index is 1.78. The Kier molecular flexibility index (Phi) is 1.59. The lowest BCUT2D eigenvalue weighted by Crippen LogP contribution is -2.02. The van der Waals surface area contributed by atoms with E-state index in [9.17, 15) is 4.79 Å². The summed E-state index contributed by atoms with van der Waals surface area (Å²) in [5.41, 5.74) is 1.20. The largest absolute Gasteiger partial charge is 0.299 e. The molecular formula is C10H14O. The number of ketones is 1. The standard InChI is InChI=1S/C10H14O/c1-7(8-2-3-8)6-10(11)9-4-5-9/h8-9H,1-6H2. The first kappa shape index (κ1) is 7.08. The molecule has 0 spiro atoms. The molecule has 2 saturated carbocycles. The van der Waals surface area contributed by atoms with Gasteiger partial charge in [0.15, 0.2) is 0 Å². The average Bonchev–Trinajstić information content (AvgIpc) is 2.84. The Morgan fingerprint density at radius 3 is 2.18 bits per heavy atom. The lowest BCUT2D eigenvalue weighted by Gasteiger charge is -2.00. The van der Waals surface area contributed by atoms with Gasteiger partial charge in [-0.25, -0.2) is 0 Å². The number of carbonyl (C=O) groups excluding carboxylic acids is 1. The van der Waals surface area contributed by atoms with Crippen LogP contribution in [-0.4, -0.2) is 5.78 Å². The van der Waals surface area contributed by atoms with Crippen LogP contribution in [0.1, 0.15) is 32.1 Å². The van der Waals surface area contributed by atoms with Crippen molar-refractivity contribution in [1.82, 2.24) is 0 Å². The fraction of sp³-hybridized carbons (Fsp3) is 0.700. The van der Waals surface area contributed by atoms with E-state index in [4.69, 9.17) is 0 Å². The predicted octanol–water partition coefficient (Wildman–Crippen LogP) is 2.32. The molecule has 0 aliphatic heterocycles. The third-order valence-electron chi connectivity index (χ3n) is 2.59. The maximum Gasteiger partial charge on any atom is 0.139 e. The van der Waals surface area contributed by atoms with Crippen molar-refractivity contribution in [3.8, 4) is 0 Å². The van der Waals surface area contributed by atoms with Crippen LogP contribution < -0.4 is 0 Å². The van der Waals surface area contributed by atoms with Gasteiger partial charge in [0.2, 0.25) is 0 Å².